The van der Waals surface area contributed by atoms with Crippen molar-refractivity contribution in [3.8, 4) is 0 Å². The molecule has 1 N–H and O–H groups in total. The number of nitrogens with zero attached hydrogens (tertiary/aromatic N) is 1. The van der Waals surface area contributed by atoms with Crippen molar-refractivity contribution in [3.63, 3.8) is 0 Å². The molecule has 1 aromatic rings. The average molecular weight is 415 g/mol. The molecule has 1 saturated carbocycles. The van der Waals surface area contributed by atoms with Crippen molar-refractivity contribution < 1.29 is 19.1 Å². The van der Waals surface area contributed by atoms with Gasteiger partial charge in [0.15, 0.2) is 6.61 Å². The summed E-state index contributed by atoms with van der Waals surface area (Å²) in [5.41, 5.74) is 1.77. The van der Waals surface area contributed by atoms with Crippen molar-refractivity contribution in [2.45, 2.75) is 65.3 Å². The molecule has 2 amide bonds. The van der Waals surface area contributed by atoms with Crippen LogP contribution in [0.1, 0.15) is 64.9 Å². The molecule has 6 heteroatoms. The highest BCUT2D eigenvalue weighted by atomic mass is 16.5. The number of anilines is 1. The number of carbonyl (C=O) groups excluding carboxylic acids is 3. The van der Waals surface area contributed by atoms with E-state index in [2.05, 4.69) is 33.0 Å². The topological polar surface area (TPSA) is 75.7 Å². The summed E-state index contributed by atoms with van der Waals surface area (Å²) in [7, 11) is 0. The molecule has 1 saturated heterocycles. The standard InChI is InChI=1S/C24H34N2O4/c1-15(2)19-9-5-6-10-20(19)25-22(27)14-30-24(29)18-12-23(28)26(13-18)21-11-7-8-16(3)17(21)4/h5-6,9-10,15-18,21H,7-8,11-14H2,1-4H3,(H,25,27)/t16-,17-,18-,21+/m1/s1. The van der Waals surface area contributed by atoms with Crippen LogP contribution < -0.4 is 5.32 Å². The lowest BCUT2D eigenvalue weighted by Gasteiger charge is -2.39. The van der Waals surface area contributed by atoms with Gasteiger partial charge in [-0.1, -0.05) is 58.7 Å². The molecule has 1 heterocycles. The summed E-state index contributed by atoms with van der Waals surface area (Å²) in [4.78, 5) is 39.3. The number of hydrogen-bond donors (Lipinski definition) is 1. The van der Waals surface area contributed by atoms with Crippen LogP contribution in [0.4, 0.5) is 5.69 Å². The van der Waals surface area contributed by atoms with Crippen molar-refractivity contribution in [2.24, 2.45) is 17.8 Å². The fourth-order valence-corrected chi connectivity index (χ4v) is 4.76. The average Bonchev–Trinajstić information content (AvgIpc) is 3.10. The van der Waals surface area contributed by atoms with E-state index in [1.807, 2.05) is 29.2 Å². The monoisotopic (exact) mass is 414 g/mol. The second-order valence-corrected chi connectivity index (χ2v) is 9.18. The van der Waals surface area contributed by atoms with E-state index in [1.165, 1.54) is 6.42 Å². The molecule has 0 radical (unpaired) electrons. The molecule has 2 fully saturated rings. The first-order chi connectivity index (χ1) is 14.3. The van der Waals surface area contributed by atoms with E-state index in [-0.39, 0.29) is 36.8 Å². The highest BCUT2D eigenvalue weighted by Gasteiger charge is 2.42. The van der Waals surface area contributed by atoms with Gasteiger partial charge in [-0.15, -0.1) is 0 Å². The lowest BCUT2D eigenvalue weighted by molar-refractivity contribution is -0.151. The molecule has 164 valence electrons. The van der Waals surface area contributed by atoms with E-state index in [9.17, 15) is 14.4 Å². The Hall–Kier alpha value is -2.37. The van der Waals surface area contributed by atoms with E-state index in [4.69, 9.17) is 4.74 Å². The Morgan fingerprint density at radius 1 is 1.20 bits per heavy atom. The first-order valence-electron chi connectivity index (χ1n) is 11.1. The number of esters is 1. The minimum Gasteiger partial charge on any atom is -0.455 e. The van der Waals surface area contributed by atoms with Gasteiger partial charge in [0.25, 0.3) is 5.91 Å². The zero-order chi connectivity index (χ0) is 21.8. The van der Waals surface area contributed by atoms with Gasteiger partial charge in [0.2, 0.25) is 5.91 Å². The third kappa shape index (κ3) is 5.02. The van der Waals surface area contributed by atoms with E-state index in [0.29, 0.717) is 18.4 Å². The molecule has 1 aliphatic carbocycles. The van der Waals surface area contributed by atoms with Gasteiger partial charge in [0.05, 0.1) is 5.92 Å². The maximum atomic E-state index is 12.6. The van der Waals surface area contributed by atoms with Crippen LogP contribution in [0.3, 0.4) is 0 Å². The van der Waals surface area contributed by atoms with Crippen LogP contribution in [0.2, 0.25) is 0 Å². The van der Waals surface area contributed by atoms with Gasteiger partial charge in [0, 0.05) is 24.7 Å². The molecule has 2 aliphatic rings. The highest BCUT2D eigenvalue weighted by molar-refractivity contribution is 5.94. The molecule has 3 rings (SSSR count). The SMILES string of the molecule is CC(C)c1ccccc1NC(=O)COC(=O)[C@@H]1CC(=O)N([C@H]2CCC[C@@H](C)[C@H]2C)C1. The minimum absolute atomic E-state index is 0.0261. The maximum Gasteiger partial charge on any atom is 0.311 e. The van der Waals surface area contributed by atoms with Gasteiger partial charge in [-0.25, -0.2) is 0 Å². The number of ether oxygens (including phenoxy) is 1. The van der Waals surface area contributed by atoms with Crippen LogP contribution in [-0.4, -0.2) is 41.9 Å². The zero-order valence-electron chi connectivity index (χ0n) is 18.5. The maximum absolute atomic E-state index is 12.6. The molecule has 30 heavy (non-hydrogen) atoms. The number of nitrogens with one attached hydrogen (secondary N) is 1. The van der Waals surface area contributed by atoms with Crippen LogP contribution in [0, 0.1) is 17.8 Å². The Bertz CT molecular complexity index is 791. The Balaban J connectivity index is 1.52. The second kappa shape index (κ2) is 9.63. The summed E-state index contributed by atoms with van der Waals surface area (Å²) in [6.45, 7) is 8.61. The van der Waals surface area contributed by atoms with Crippen molar-refractivity contribution in [1.82, 2.24) is 4.90 Å². The molecule has 0 bridgehead atoms. The van der Waals surface area contributed by atoms with Gasteiger partial charge in [-0.05, 0) is 35.8 Å². The molecule has 1 aromatic carbocycles. The summed E-state index contributed by atoms with van der Waals surface area (Å²) >= 11 is 0. The fourth-order valence-electron chi connectivity index (χ4n) is 4.76. The van der Waals surface area contributed by atoms with Gasteiger partial charge in [-0.2, -0.15) is 0 Å². The molecule has 1 aliphatic heterocycles. The molecular formula is C24H34N2O4. The van der Waals surface area contributed by atoms with Crippen LogP contribution in [-0.2, 0) is 19.1 Å². The molecule has 4 atom stereocenters. The summed E-state index contributed by atoms with van der Waals surface area (Å²) in [5.74, 6) is -0.00780. The van der Waals surface area contributed by atoms with E-state index in [0.717, 1.165) is 24.1 Å². The van der Waals surface area contributed by atoms with E-state index < -0.39 is 11.9 Å². The first kappa shape index (κ1) is 22.3. The summed E-state index contributed by atoms with van der Waals surface area (Å²) in [5, 5.41) is 2.82. The fraction of sp³-hybridized carbons (Fsp3) is 0.625. The summed E-state index contributed by atoms with van der Waals surface area (Å²) < 4.78 is 5.26. The summed E-state index contributed by atoms with van der Waals surface area (Å²) in [6, 6.07) is 7.81. The number of rotatable bonds is 6. The van der Waals surface area contributed by atoms with Gasteiger partial charge in [-0.3, -0.25) is 14.4 Å². The van der Waals surface area contributed by atoms with Gasteiger partial charge >= 0.3 is 5.97 Å². The van der Waals surface area contributed by atoms with Crippen LogP contribution in [0.5, 0.6) is 0 Å². The second-order valence-electron chi connectivity index (χ2n) is 9.18. The van der Waals surface area contributed by atoms with Gasteiger partial charge in [0.1, 0.15) is 0 Å². The normalized spacial score (nSPS) is 26.7. The van der Waals surface area contributed by atoms with Crippen LogP contribution in [0.25, 0.3) is 0 Å². The molecule has 0 aromatic heterocycles. The van der Waals surface area contributed by atoms with Gasteiger partial charge < -0.3 is 15.0 Å². The van der Waals surface area contributed by atoms with Crippen molar-refractivity contribution in [3.05, 3.63) is 29.8 Å². The van der Waals surface area contributed by atoms with Crippen molar-refractivity contribution in [2.75, 3.05) is 18.5 Å². The Morgan fingerprint density at radius 2 is 1.93 bits per heavy atom. The molecule has 0 spiro atoms. The number of hydrogen-bond acceptors (Lipinski definition) is 4. The largest absolute Gasteiger partial charge is 0.455 e. The first-order valence-corrected chi connectivity index (χ1v) is 11.1. The number of amides is 2. The number of para-hydroxylation sites is 1. The third-order valence-corrected chi connectivity index (χ3v) is 6.76. The minimum atomic E-state index is -0.488. The van der Waals surface area contributed by atoms with Crippen LogP contribution >= 0.6 is 0 Å². The van der Waals surface area contributed by atoms with E-state index in [1.54, 1.807) is 0 Å². The molecule has 0 unspecified atom stereocenters. The Labute approximate surface area is 179 Å². The van der Waals surface area contributed by atoms with Crippen LogP contribution in [0.15, 0.2) is 24.3 Å². The quantitative estimate of drug-likeness (QED) is 0.715. The zero-order valence-corrected chi connectivity index (χ0v) is 18.5. The Morgan fingerprint density at radius 3 is 2.67 bits per heavy atom. The van der Waals surface area contributed by atoms with Crippen molar-refractivity contribution in [1.29, 1.82) is 0 Å². The summed E-state index contributed by atoms with van der Waals surface area (Å²) in [6.07, 6.45) is 3.48. The number of carbonyl (C=O) groups is 3. The predicted octanol–water partition coefficient (Wildman–Crippen LogP) is 3.96. The smallest absolute Gasteiger partial charge is 0.311 e. The van der Waals surface area contributed by atoms with E-state index >= 15 is 0 Å². The molecular weight excluding hydrogens is 380 g/mol. The lowest BCUT2D eigenvalue weighted by Crippen LogP contribution is -2.45. The third-order valence-electron chi connectivity index (χ3n) is 6.76. The number of benzene rings is 1. The number of likely N-dealkylation sites (tertiary alicyclic amines) is 1. The molecule has 6 nitrogen and oxygen atoms in total. The van der Waals surface area contributed by atoms with Crippen molar-refractivity contribution >= 4 is 23.5 Å². The highest BCUT2D eigenvalue weighted by Crippen LogP contribution is 2.36. The lowest BCUT2D eigenvalue weighted by atomic mass is 9.77. The predicted molar refractivity (Wildman–Crippen MR) is 116 cm³/mol. The Kier molecular flexibility index (Phi) is 7.16.